The Morgan fingerprint density at radius 1 is 1.23 bits per heavy atom. The summed E-state index contributed by atoms with van der Waals surface area (Å²) in [5.74, 6) is -0.616. The minimum atomic E-state index is -0.490. The first-order chi connectivity index (χ1) is 12.5. The van der Waals surface area contributed by atoms with Gasteiger partial charge in [0.05, 0.1) is 0 Å². The van der Waals surface area contributed by atoms with Gasteiger partial charge in [0.15, 0.2) is 0 Å². The van der Waals surface area contributed by atoms with Crippen molar-refractivity contribution >= 4 is 22.3 Å². The van der Waals surface area contributed by atoms with E-state index in [1.54, 1.807) is 31.2 Å². The van der Waals surface area contributed by atoms with Crippen molar-refractivity contribution in [1.29, 1.82) is 0 Å². The van der Waals surface area contributed by atoms with Crippen molar-refractivity contribution in [3.05, 3.63) is 53.7 Å². The molecule has 0 spiro atoms. The lowest BCUT2D eigenvalue weighted by Gasteiger charge is -2.19. The number of benzene rings is 2. The van der Waals surface area contributed by atoms with E-state index in [1.807, 2.05) is 0 Å². The van der Waals surface area contributed by atoms with E-state index in [-0.39, 0.29) is 17.2 Å². The molecule has 4 N–H and O–H groups in total. The zero-order valence-corrected chi connectivity index (χ0v) is 14.4. The number of halogens is 2. The molecule has 1 unspecified atom stereocenters. The predicted octanol–water partition coefficient (Wildman–Crippen LogP) is 3.84. The number of hydrogen-bond donors (Lipinski definition) is 3. The SMILES string of the molecule is Cc1cccc(F)c1-c1cc(NC2CCNC2)c2cc(N)ncc2c1F. The number of hydrogen-bond acceptors (Lipinski definition) is 4. The molecule has 1 fully saturated rings. The molecule has 4 nitrogen and oxygen atoms in total. The third kappa shape index (κ3) is 2.86. The van der Waals surface area contributed by atoms with Crippen molar-refractivity contribution in [2.24, 2.45) is 0 Å². The van der Waals surface area contributed by atoms with Crippen LogP contribution in [-0.2, 0) is 0 Å². The van der Waals surface area contributed by atoms with Crippen LogP contribution in [0.25, 0.3) is 21.9 Å². The zero-order chi connectivity index (χ0) is 18.3. The number of aromatic nitrogens is 1. The normalized spacial score (nSPS) is 17.0. The summed E-state index contributed by atoms with van der Waals surface area (Å²) in [6.45, 7) is 3.53. The van der Waals surface area contributed by atoms with E-state index >= 15 is 4.39 Å². The fourth-order valence-corrected chi connectivity index (χ4v) is 3.57. The van der Waals surface area contributed by atoms with Gasteiger partial charge in [0, 0.05) is 46.4 Å². The standard InChI is InChI=1S/C20H20F2N4/c1-11-3-2-4-16(21)19(11)14-7-17(26-12-5-6-24-9-12)13-8-18(23)25-10-15(13)20(14)22/h2-4,7-8,10,12,24,26H,5-6,9H2,1H3,(H2,23,25). The number of nitrogen functional groups attached to an aromatic ring is 1. The number of aryl methyl sites for hydroxylation is 1. The molecule has 0 saturated carbocycles. The smallest absolute Gasteiger partial charge is 0.140 e. The molecule has 4 rings (SSSR count). The van der Waals surface area contributed by atoms with Crippen LogP contribution in [0.5, 0.6) is 0 Å². The summed E-state index contributed by atoms with van der Waals surface area (Å²) in [4.78, 5) is 4.02. The van der Waals surface area contributed by atoms with Crippen molar-refractivity contribution in [2.75, 3.05) is 24.1 Å². The monoisotopic (exact) mass is 354 g/mol. The molecule has 1 aliphatic heterocycles. The largest absolute Gasteiger partial charge is 0.384 e. The number of nitrogens with one attached hydrogen (secondary N) is 2. The van der Waals surface area contributed by atoms with Crippen LogP contribution in [0.2, 0.25) is 0 Å². The molecule has 1 saturated heterocycles. The first-order valence-electron chi connectivity index (χ1n) is 8.65. The molecule has 1 aromatic heterocycles. The van der Waals surface area contributed by atoms with Crippen LogP contribution in [0, 0.1) is 18.6 Å². The van der Waals surface area contributed by atoms with Gasteiger partial charge in [-0.15, -0.1) is 0 Å². The minimum Gasteiger partial charge on any atom is -0.384 e. The van der Waals surface area contributed by atoms with Gasteiger partial charge in [-0.1, -0.05) is 12.1 Å². The quantitative estimate of drug-likeness (QED) is 0.669. The molecule has 3 aromatic rings. The average molecular weight is 354 g/mol. The van der Waals surface area contributed by atoms with Crippen molar-refractivity contribution in [3.63, 3.8) is 0 Å². The Bertz CT molecular complexity index is 961. The highest BCUT2D eigenvalue weighted by Crippen LogP contribution is 2.37. The Labute approximate surface area is 150 Å². The number of rotatable bonds is 3. The number of nitrogens with zero attached hydrogens (tertiary/aromatic N) is 1. The highest BCUT2D eigenvalue weighted by molar-refractivity contribution is 5.99. The van der Waals surface area contributed by atoms with Gasteiger partial charge in [-0.05, 0) is 43.7 Å². The van der Waals surface area contributed by atoms with Crippen LogP contribution in [0.1, 0.15) is 12.0 Å². The van der Waals surface area contributed by atoms with Crippen LogP contribution < -0.4 is 16.4 Å². The van der Waals surface area contributed by atoms with Gasteiger partial charge in [-0.3, -0.25) is 0 Å². The second kappa shape index (κ2) is 6.53. The number of anilines is 2. The molecule has 1 aliphatic rings. The van der Waals surface area contributed by atoms with E-state index in [9.17, 15) is 4.39 Å². The van der Waals surface area contributed by atoms with Gasteiger partial charge in [0.25, 0.3) is 0 Å². The summed E-state index contributed by atoms with van der Waals surface area (Å²) in [7, 11) is 0. The van der Waals surface area contributed by atoms with Gasteiger partial charge in [0.2, 0.25) is 0 Å². The number of fused-ring (bicyclic) bond motifs is 1. The molecule has 0 amide bonds. The topological polar surface area (TPSA) is 63.0 Å². The Morgan fingerprint density at radius 3 is 2.81 bits per heavy atom. The van der Waals surface area contributed by atoms with Gasteiger partial charge in [-0.2, -0.15) is 0 Å². The summed E-state index contributed by atoms with van der Waals surface area (Å²) in [6.07, 6.45) is 2.38. The lowest BCUT2D eigenvalue weighted by atomic mass is 9.95. The maximum atomic E-state index is 15.3. The second-order valence-corrected chi connectivity index (χ2v) is 6.71. The molecule has 0 radical (unpaired) electrons. The van der Waals surface area contributed by atoms with Crippen LogP contribution in [0.3, 0.4) is 0 Å². The molecular weight excluding hydrogens is 334 g/mol. The van der Waals surface area contributed by atoms with Gasteiger partial charge in [0.1, 0.15) is 17.5 Å². The Hall–Kier alpha value is -2.73. The van der Waals surface area contributed by atoms with E-state index in [0.29, 0.717) is 22.2 Å². The maximum Gasteiger partial charge on any atom is 0.140 e. The molecule has 2 aromatic carbocycles. The fourth-order valence-electron chi connectivity index (χ4n) is 3.57. The first kappa shape index (κ1) is 16.7. The Balaban J connectivity index is 1.96. The minimum absolute atomic E-state index is 0.229. The number of nitrogens with two attached hydrogens (primary N) is 1. The van der Waals surface area contributed by atoms with E-state index in [4.69, 9.17) is 5.73 Å². The van der Waals surface area contributed by atoms with Crippen LogP contribution in [0.15, 0.2) is 36.5 Å². The van der Waals surface area contributed by atoms with E-state index in [0.717, 1.165) is 25.2 Å². The van der Waals surface area contributed by atoms with E-state index in [2.05, 4.69) is 15.6 Å². The van der Waals surface area contributed by atoms with Crippen molar-refractivity contribution in [3.8, 4) is 11.1 Å². The summed E-state index contributed by atoms with van der Waals surface area (Å²) in [5.41, 5.74) is 7.74. The summed E-state index contributed by atoms with van der Waals surface area (Å²) in [5, 5.41) is 7.73. The van der Waals surface area contributed by atoms with E-state index < -0.39 is 11.6 Å². The lowest BCUT2D eigenvalue weighted by Crippen LogP contribution is -2.22. The van der Waals surface area contributed by atoms with Crippen molar-refractivity contribution in [1.82, 2.24) is 10.3 Å². The number of pyridine rings is 1. The van der Waals surface area contributed by atoms with Crippen LogP contribution in [-0.4, -0.2) is 24.1 Å². The highest BCUT2D eigenvalue weighted by atomic mass is 19.1. The fraction of sp³-hybridized carbons (Fsp3) is 0.250. The third-order valence-corrected chi connectivity index (χ3v) is 4.89. The molecule has 6 heteroatoms. The second-order valence-electron chi connectivity index (χ2n) is 6.71. The average Bonchev–Trinajstić information content (AvgIpc) is 3.11. The first-order valence-corrected chi connectivity index (χ1v) is 8.65. The van der Waals surface area contributed by atoms with Crippen molar-refractivity contribution in [2.45, 2.75) is 19.4 Å². The van der Waals surface area contributed by atoms with Gasteiger partial charge >= 0.3 is 0 Å². The maximum absolute atomic E-state index is 15.3. The highest BCUT2D eigenvalue weighted by Gasteiger charge is 2.21. The molecule has 134 valence electrons. The Kier molecular flexibility index (Phi) is 4.20. The van der Waals surface area contributed by atoms with Crippen LogP contribution >= 0.6 is 0 Å². The molecule has 1 atom stereocenters. The van der Waals surface area contributed by atoms with Crippen LogP contribution in [0.4, 0.5) is 20.3 Å². The summed E-state index contributed by atoms with van der Waals surface area (Å²) >= 11 is 0. The van der Waals surface area contributed by atoms with Gasteiger partial charge < -0.3 is 16.4 Å². The summed E-state index contributed by atoms with van der Waals surface area (Å²) < 4.78 is 29.7. The molecule has 0 bridgehead atoms. The molecule has 0 aliphatic carbocycles. The predicted molar refractivity (Wildman–Crippen MR) is 101 cm³/mol. The third-order valence-electron chi connectivity index (χ3n) is 4.89. The molecular formula is C20H20F2N4. The molecule has 26 heavy (non-hydrogen) atoms. The lowest BCUT2D eigenvalue weighted by molar-refractivity contribution is 0.620. The van der Waals surface area contributed by atoms with E-state index in [1.165, 1.54) is 12.3 Å². The summed E-state index contributed by atoms with van der Waals surface area (Å²) in [6, 6.07) is 8.31. The zero-order valence-electron chi connectivity index (χ0n) is 14.4. The Morgan fingerprint density at radius 2 is 2.08 bits per heavy atom. The van der Waals surface area contributed by atoms with Crippen molar-refractivity contribution < 1.29 is 8.78 Å². The van der Waals surface area contributed by atoms with Gasteiger partial charge in [-0.25, -0.2) is 13.8 Å². The molecule has 2 heterocycles.